The number of aliphatic hydroxyl groups is 6. The summed E-state index contributed by atoms with van der Waals surface area (Å²) < 4.78 is 28.8. The number of aliphatic carboxylic acids is 1. The zero-order valence-electron chi connectivity index (χ0n) is 29.5. The Labute approximate surface area is 322 Å². The van der Waals surface area contributed by atoms with Crippen LogP contribution in [0.15, 0.2) is 87.8 Å². The summed E-state index contributed by atoms with van der Waals surface area (Å²) in [6.45, 7) is -0.135. The average Bonchev–Trinajstić information content (AvgIpc) is 3.87. The topological polar surface area (TPSA) is 306 Å². The van der Waals surface area contributed by atoms with Gasteiger partial charge in [-0.3, -0.25) is 10.4 Å². The van der Waals surface area contributed by atoms with Gasteiger partial charge >= 0.3 is 5.97 Å². The maximum Gasteiger partial charge on any atom is 0.336 e. The molecule has 0 bridgehead atoms. The predicted octanol–water partition coefficient (Wildman–Crippen LogP) is 1.44. The second-order valence-corrected chi connectivity index (χ2v) is 13.3. The molecule has 0 amide bonds. The van der Waals surface area contributed by atoms with Crippen LogP contribution >= 0.6 is 0 Å². The Bertz CT molecular complexity index is 2220. The number of aromatic hydroxyl groups is 2. The number of carboxylic acid groups (broad SMARTS) is 1. The largest absolute Gasteiger partial charge is 0.508 e. The van der Waals surface area contributed by atoms with E-state index in [4.69, 9.17) is 29.1 Å². The minimum Gasteiger partial charge on any atom is -0.508 e. The molecule has 1 unspecified atom stereocenters. The van der Waals surface area contributed by atoms with Crippen LogP contribution in [0.1, 0.15) is 35.5 Å². The lowest BCUT2D eigenvalue weighted by Gasteiger charge is -2.46. The molecule has 298 valence electrons. The van der Waals surface area contributed by atoms with Crippen LogP contribution < -0.4 is 18.9 Å². The first-order valence-corrected chi connectivity index (χ1v) is 17.3. The maximum absolute atomic E-state index is 12.4. The number of carboxylic acids is 1. The summed E-state index contributed by atoms with van der Waals surface area (Å²) in [7, 11) is 0. The van der Waals surface area contributed by atoms with E-state index in [9.17, 15) is 50.8 Å². The molecule has 19 nitrogen and oxygen atoms in total. The number of hydrogen-bond acceptors (Lipinski definition) is 17. The van der Waals surface area contributed by atoms with E-state index >= 15 is 0 Å². The number of amidine groups is 1. The Balaban J connectivity index is 1.18. The number of carbonyl (C=O) groups is 1. The molecule has 1 saturated heterocycles. The highest BCUT2D eigenvalue weighted by Crippen LogP contribution is 2.52. The Morgan fingerprint density at radius 1 is 1.05 bits per heavy atom. The maximum atomic E-state index is 12.4. The molecule has 4 heterocycles. The fourth-order valence-electron chi connectivity index (χ4n) is 6.51. The van der Waals surface area contributed by atoms with Gasteiger partial charge in [0.2, 0.25) is 18.3 Å². The van der Waals surface area contributed by atoms with E-state index < -0.39 is 84.1 Å². The van der Waals surface area contributed by atoms with Crippen LogP contribution in [0, 0.1) is 5.41 Å². The summed E-state index contributed by atoms with van der Waals surface area (Å²) >= 11 is 0. The van der Waals surface area contributed by atoms with E-state index in [1.165, 1.54) is 48.8 Å². The third-order valence-electron chi connectivity index (χ3n) is 9.40. The number of fused-ring (bicyclic) bond motifs is 1. The number of rotatable bonds is 13. The third kappa shape index (κ3) is 7.87. The number of phenolic OH excluding ortho intramolecular Hbond substituents is 2. The number of aliphatic imine (C=N–C) groups is 3. The zero-order chi connectivity index (χ0) is 40.6. The standard InChI is InChI=1S/C38H36N4O15/c39-28-9-8-22(42-28)24(45)15-53-21-6-4-17(5-7-21)25-11-23(44)29-26(54-25)12-27(32(30(29)46)56-36(51)18-2-1-3-20(43)10-18)55-37-31(47)33(48)38(52,34(57-37)35(49)50)13-19-14-40-16-41-19/h1-12,16,24-25,31,33-34,36-37,39,43-48,51-52H,13-15H2,(H,49,50)/t24-,25?,31+,33-,34+,36-,37+,38-/m0/s1. The smallest absolute Gasteiger partial charge is 0.336 e. The molecular weight excluding hydrogens is 752 g/mol. The van der Waals surface area contributed by atoms with E-state index in [0.717, 1.165) is 6.07 Å². The Morgan fingerprint density at radius 2 is 1.82 bits per heavy atom. The molecular formula is C38H36N4O15. The van der Waals surface area contributed by atoms with Gasteiger partial charge in [-0.25, -0.2) is 14.8 Å². The van der Waals surface area contributed by atoms with Gasteiger partial charge in [0.05, 0.1) is 12.3 Å². The van der Waals surface area contributed by atoms with E-state index in [-0.39, 0.29) is 53.0 Å². The van der Waals surface area contributed by atoms with Gasteiger partial charge in [0, 0.05) is 29.8 Å². The minimum absolute atomic E-state index is 0.0138. The summed E-state index contributed by atoms with van der Waals surface area (Å²) in [4.78, 5) is 24.1. The number of nitrogens with zero attached hydrogens (tertiary/aromatic N) is 3. The quantitative estimate of drug-likeness (QED) is 0.110. The summed E-state index contributed by atoms with van der Waals surface area (Å²) in [6.07, 6.45) is -7.65. The second-order valence-electron chi connectivity index (χ2n) is 13.3. The van der Waals surface area contributed by atoms with Crippen molar-refractivity contribution < 1.29 is 74.4 Å². The van der Waals surface area contributed by atoms with Crippen LogP contribution in [-0.2, 0) is 9.53 Å². The lowest BCUT2D eigenvalue weighted by atomic mass is 9.80. The molecule has 0 saturated carbocycles. The fourth-order valence-corrected chi connectivity index (χ4v) is 6.51. The molecule has 4 aliphatic heterocycles. The lowest BCUT2D eigenvalue weighted by Crippen LogP contribution is -2.69. The first-order chi connectivity index (χ1) is 27.2. The Hall–Kier alpha value is -6.35. The van der Waals surface area contributed by atoms with Crippen molar-refractivity contribution in [2.24, 2.45) is 15.0 Å². The van der Waals surface area contributed by atoms with Gasteiger partial charge in [-0.05, 0) is 42.0 Å². The molecule has 0 aliphatic carbocycles. The van der Waals surface area contributed by atoms with E-state index in [1.54, 1.807) is 24.3 Å². The minimum atomic E-state index is -2.60. The van der Waals surface area contributed by atoms with Gasteiger partial charge in [0.25, 0.3) is 0 Å². The molecule has 7 rings (SSSR count). The van der Waals surface area contributed by atoms with Crippen molar-refractivity contribution in [2.75, 3.05) is 13.2 Å². The zero-order valence-corrected chi connectivity index (χ0v) is 29.5. The lowest BCUT2D eigenvalue weighted by molar-refractivity contribution is -0.303. The number of ether oxygens (including phenoxy) is 5. The monoisotopic (exact) mass is 788 g/mol. The van der Waals surface area contributed by atoms with Crippen molar-refractivity contribution in [3.05, 3.63) is 89.5 Å². The summed E-state index contributed by atoms with van der Waals surface area (Å²) in [6, 6.07) is 12.8. The summed E-state index contributed by atoms with van der Waals surface area (Å²) in [5, 5.41) is 105. The molecule has 10 N–H and O–H groups in total. The van der Waals surface area contributed by atoms with Crippen LogP contribution in [0.4, 0.5) is 0 Å². The third-order valence-corrected chi connectivity index (χ3v) is 9.40. The van der Waals surface area contributed by atoms with Gasteiger partial charge in [0.1, 0.15) is 77.4 Å². The van der Waals surface area contributed by atoms with Crippen LogP contribution in [0.5, 0.6) is 34.5 Å². The van der Waals surface area contributed by atoms with Crippen molar-refractivity contribution >= 4 is 35.3 Å². The van der Waals surface area contributed by atoms with Crippen molar-refractivity contribution in [3.8, 4) is 34.5 Å². The molecule has 8 atom stereocenters. The molecule has 0 spiro atoms. The highest BCUT2D eigenvalue weighted by molar-refractivity contribution is 6.15. The van der Waals surface area contributed by atoms with Crippen molar-refractivity contribution in [3.63, 3.8) is 0 Å². The predicted molar refractivity (Wildman–Crippen MR) is 197 cm³/mol. The molecule has 57 heavy (non-hydrogen) atoms. The number of hydrogen-bond donors (Lipinski definition) is 10. The van der Waals surface area contributed by atoms with E-state index in [2.05, 4.69) is 15.0 Å². The van der Waals surface area contributed by atoms with Gasteiger partial charge in [-0.1, -0.05) is 24.3 Å². The van der Waals surface area contributed by atoms with Crippen molar-refractivity contribution in [1.82, 2.24) is 0 Å². The fraction of sp³-hybridized carbons (Fsp3) is 0.289. The van der Waals surface area contributed by atoms with Crippen LogP contribution in [-0.4, -0.2) is 125 Å². The van der Waals surface area contributed by atoms with Crippen molar-refractivity contribution in [2.45, 2.75) is 55.1 Å². The van der Waals surface area contributed by atoms with Gasteiger partial charge in [0.15, 0.2) is 17.6 Å². The van der Waals surface area contributed by atoms with Crippen LogP contribution in [0.2, 0.25) is 0 Å². The van der Waals surface area contributed by atoms with Gasteiger partial charge < -0.3 is 69.6 Å². The molecule has 3 aromatic rings. The molecule has 0 aromatic heterocycles. The molecule has 4 aliphatic rings. The average molecular weight is 789 g/mol. The number of benzene rings is 3. The Morgan fingerprint density at radius 3 is 2.49 bits per heavy atom. The first kappa shape index (κ1) is 38.9. The van der Waals surface area contributed by atoms with Gasteiger partial charge in [-0.2, -0.15) is 0 Å². The second kappa shape index (κ2) is 15.7. The number of phenols is 2. The highest BCUT2D eigenvalue weighted by atomic mass is 16.7. The normalized spacial score (nSPS) is 26.1. The molecule has 3 aromatic carbocycles. The Kier molecular flexibility index (Phi) is 10.7. The number of aliphatic hydroxyl groups excluding tert-OH is 5. The SMILES string of the molecule is N=C1C=CC([C@@H](O)COc2ccc(C3C=C(O)c4c(cc(O[C@@H]5O[C@H](C(=O)O)[C@](O)(CC6=NC=NC6)[C@@H](O)[C@H]5O)c(O[C@H](O)c5cccc(O)c5)c4O)O3)cc2)=N1. The van der Waals surface area contributed by atoms with Crippen LogP contribution in [0.3, 0.4) is 0 Å². The van der Waals surface area contributed by atoms with Gasteiger partial charge in [-0.15, -0.1) is 0 Å². The number of nitrogens with one attached hydrogen (secondary N) is 1. The van der Waals surface area contributed by atoms with Crippen molar-refractivity contribution in [1.29, 1.82) is 5.41 Å². The summed E-state index contributed by atoms with van der Waals surface area (Å²) in [5.74, 6) is -4.35. The molecule has 0 radical (unpaired) electrons. The molecule has 1 fully saturated rings. The first-order valence-electron chi connectivity index (χ1n) is 17.3. The molecule has 19 heteroatoms. The van der Waals surface area contributed by atoms with Crippen LogP contribution in [0.25, 0.3) is 5.76 Å². The van der Waals surface area contributed by atoms with E-state index in [0.29, 0.717) is 11.3 Å². The highest BCUT2D eigenvalue weighted by Gasteiger charge is 2.59. The van der Waals surface area contributed by atoms with E-state index in [1.807, 2.05) is 0 Å². The summed E-state index contributed by atoms with van der Waals surface area (Å²) in [5.41, 5.74) is -1.92.